The van der Waals surface area contributed by atoms with Crippen LogP contribution in [0, 0.1) is 18.3 Å². The molecule has 2 rings (SSSR count). The van der Waals surface area contributed by atoms with Crippen molar-refractivity contribution in [3.05, 3.63) is 51.3 Å². The van der Waals surface area contributed by atoms with Crippen LogP contribution >= 0.6 is 23.2 Å². The van der Waals surface area contributed by atoms with Gasteiger partial charge in [-0.1, -0.05) is 29.3 Å². The number of nitriles is 1. The summed E-state index contributed by atoms with van der Waals surface area (Å²) in [6.07, 6.45) is 0. The number of hydrogen-bond acceptors (Lipinski definition) is 3. The molecule has 2 aromatic rings. The second kappa shape index (κ2) is 6.13. The van der Waals surface area contributed by atoms with E-state index >= 15 is 0 Å². The molecular formula is C15H11Cl2N3O. The van der Waals surface area contributed by atoms with Gasteiger partial charge in [-0.3, -0.25) is 4.79 Å². The molecule has 0 aliphatic rings. The number of nitrogens with one attached hydrogen (secondary N) is 1. The number of rotatable bonds is 2. The minimum absolute atomic E-state index is 0.231. The molecule has 1 heterocycles. The number of halogens is 2. The maximum Gasteiger partial charge on any atom is 0.269 e. The van der Waals surface area contributed by atoms with Crippen molar-refractivity contribution in [2.45, 2.75) is 6.92 Å². The molecular weight excluding hydrogens is 309 g/mol. The summed E-state index contributed by atoms with van der Waals surface area (Å²) in [7, 11) is 1.52. The Labute approximate surface area is 132 Å². The van der Waals surface area contributed by atoms with Gasteiger partial charge in [0.1, 0.15) is 11.8 Å². The smallest absolute Gasteiger partial charge is 0.269 e. The van der Waals surface area contributed by atoms with E-state index in [0.29, 0.717) is 32.4 Å². The van der Waals surface area contributed by atoms with Crippen molar-refractivity contribution in [1.82, 2.24) is 10.3 Å². The van der Waals surface area contributed by atoms with Crippen molar-refractivity contribution < 1.29 is 4.79 Å². The van der Waals surface area contributed by atoms with E-state index in [-0.39, 0.29) is 11.6 Å². The highest BCUT2D eigenvalue weighted by Crippen LogP contribution is 2.33. The van der Waals surface area contributed by atoms with Crippen molar-refractivity contribution in [3.8, 4) is 17.2 Å². The monoisotopic (exact) mass is 319 g/mol. The molecule has 0 unspecified atom stereocenters. The molecule has 0 saturated carbocycles. The lowest BCUT2D eigenvalue weighted by Gasteiger charge is -2.11. The molecule has 0 saturated heterocycles. The number of carbonyl (C=O) groups excluding carboxylic acids is 1. The second-order valence-corrected chi connectivity index (χ2v) is 5.17. The van der Waals surface area contributed by atoms with Crippen molar-refractivity contribution in [3.63, 3.8) is 0 Å². The van der Waals surface area contributed by atoms with E-state index in [4.69, 9.17) is 23.2 Å². The number of benzene rings is 1. The van der Waals surface area contributed by atoms with Crippen LogP contribution in [0.3, 0.4) is 0 Å². The maximum atomic E-state index is 11.8. The van der Waals surface area contributed by atoms with Crippen LogP contribution < -0.4 is 5.32 Å². The first-order valence-corrected chi connectivity index (χ1v) is 6.82. The zero-order valence-corrected chi connectivity index (χ0v) is 12.9. The lowest BCUT2D eigenvalue weighted by molar-refractivity contribution is 0.0958. The van der Waals surface area contributed by atoms with Crippen molar-refractivity contribution in [2.75, 3.05) is 7.05 Å². The lowest BCUT2D eigenvalue weighted by atomic mass is 9.98. The molecule has 1 amide bonds. The normalized spacial score (nSPS) is 10.0. The van der Waals surface area contributed by atoms with Gasteiger partial charge >= 0.3 is 0 Å². The number of aryl methyl sites for hydroxylation is 1. The average molecular weight is 320 g/mol. The predicted octanol–water partition coefficient (Wildman–Crippen LogP) is 3.60. The molecule has 0 atom stereocenters. The first-order chi connectivity index (χ1) is 9.97. The molecule has 0 spiro atoms. The van der Waals surface area contributed by atoms with Crippen LogP contribution in [-0.2, 0) is 0 Å². The number of hydrogen-bond donors (Lipinski definition) is 1. The van der Waals surface area contributed by atoms with E-state index in [1.165, 1.54) is 7.05 Å². The summed E-state index contributed by atoms with van der Waals surface area (Å²) in [4.78, 5) is 15.9. The van der Waals surface area contributed by atoms with Gasteiger partial charge in [-0.15, -0.1) is 0 Å². The third kappa shape index (κ3) is 2.99. The van der Waals surface area contributed by atoms with Crippen LogP contribution in [0.1, 0.15) is 21.7 Å². The second-order valence-electron chi connectivity index (χ2n) is 4.33. The summed E-state index contributed by atoms with van der Waals surface area (Å²) in [5, 5.41) is 12.8. The molecule has 106 valence electrons. The fourth-order valence-electron chi connectivity index (χ4n) is 1.98. The van der Waals surface area contributed by atoms with E-state index in [1.54, 1.807) is 31.2 Å². The van der Waals surface area contributed by atoms with E-state index < -0.39 is 0 Å². The molecule has 4 nitrogen and oxygen atoms in total. The topological polar surface area (TPSA) is 65.8 Å². The van der Waals surface area contributed by atoms with Crippen LogP contribution in [0.25, 0.3) is 11.1 Å². The first kappa shape index (κ1) is 15.3. The van der Waals surface area contributed by atoms with Gasteiger partial charge in [0, 0.05) is 28.2 Å². The molecule has 0 fully saturated rings. The van der Waals surface area contributed by atoms with Crippen molar-refractivity contribution >= 4 is 29.1 Å². The van der Waals surface area contributed by atoms with Crippen LogP contribution in [0.15, 0.2) is 24.3 Å². The quantitative estimate of drug-likeness (QED) is 0.919. The summed E-state index contributed by atoms with van der Waals surface area (Å²) < 4.78 is 0. The molecule has 1 aromatic heterocycles. The van der Waals surface area contributed by atoms with Gasteiger partial charge < -0.3 is 5.32 Å². The number of nitrogens with zero attached hydrogens (tertiary/aromatic N) is 2. The zero-order valence-electron chi connectivity index (χ0n) is 11.4. The van der Waals surface area contributed by atoms with E-state index in [9.17, 15) is 10.1 Å². The van der Waals surface area contributed by atoms with Gasteiger partial charge in [0.2, 0.25) is 0 Å². The van der Waals surface area contributed by atoms with Crippen LogP contribution in [0.5, 0.6) is 0 Å². The Balaban J connectivity index is 2.74. The Morgan fingerprint density at radius 3 is 2.57 bits per heavy atom. The molecule has 1 aromatic carbocycles. The predicted molar refractivity (Wildman–Crippen MR) is 82.5 cm³/mol. The highest BCUT2D eigenvalue weighted by molar-refractivity contribution is 6.36. The summed E-state index contributed by atoms with van der Waals surface area (Å²) >= 11 is 12.1. The third-order valence-electron chi connectivity index (χ3n) is 2.99. The van der Waals surface area contributed by atoms with Crippen molar-refractivity contribution in [2.24, 2.45) is 0 Å². The highest BCUT2D eigenvalue weighted by atomic mass is 35.5. The van der Waals surface area contributed by atoms with Crippen LogP contribution in [0.2, 0.25) is 10.0 Å². The first-order valence-electron chi connectivity index (χ1n) is 6.07. The lowest BCUT2D eigenvalue weighted by Crippen LogP contribution is -2.20. The largest absolute Gasteiger partial charge is 0.354 e. The molecule has 0 aliphatic carbocycles. The van der Waals surface area contributed by atoms with E-state index in [1.807, 2.05) is 0 Å². The molecule has 6 heteroatoms. The maximum absolute atomic E-state index is 11.8. The minimum atomic E-state index is -0.325. The molecule has 0 bridgehead atoms. The van der Waals surface area contributed by atoms with Crippen molar-refractivity contribution in [1.29, 1.82) is 5.26 Å². The van der Waals surface area contributed by atoms with Crippen LogP contribution in [0.4, 0.5) is 0 Å². The molecule has 1 N–H and O–H groups in total. The minimum Gasteiger partial charge on any atom is -0.354 e. The van der Waals surface area contributed by atoms with Crippen LogP contribution in [-0.4, -0.2) is 17.9 Å². The van der Waals surface area contributed by atoms with Gasteiger partial charge in [-0.05, 0) is 25.1 Å². The Morgan fingerprint density at radius 2 is 2.00 bits per heavy atom. The summed E-state index contributed by atoms with van der Waals surface area (Å²) in [6.45, 7) is 1.68. The van der Waals surface area contributed by atoms with Gasteiger partial charge in [0.15, 0.2) is 0 Å². The Bertz CT molecular complexity index is 766. The molecule has 0 aliphatic heterocycles. The number of carbonyl (C=O) groups is 1. The van der Waals surface area contributed by atoms with E-state index in [0.717, 1.165) is 0 Å². The molecule has 0 radical (unpaired) electrons. The Morgan fingerprint density at radius 1 is 1.29 bits per heavy atom. The fraction of sp³-hybridized carbons (Fsp3) is 0.133. The highest BCUT2D eigenvalue weighted by Gasteiger charge is 2.16. The third-order valence-corrected chi connectivity index (χ3v) is 3.54. The molecule has 21 heavy (non-hydrogen) atoms. The van der Waals surface area contributed by atoms with Gasteiger partial charge in [-0.2, -0.15) is 5.26 Å². The van der Waals surface area contributed by atoms with Gasteiger partial charge in [-0.25, -0.2) is 4.98 Å². The van der Waals surface area contributed by atoms with Gasteiger partial charge in [0.25, 0.3) is 5.91 Å². The van der Waals surface area contributed by atoms with Gasteiger partial charge in [0.05, 0.1) is 11.3 Å². The summed E-state index contributed by atoms with van der Waals surface area (Å²) in [5.74, 6) is -0.325. The van der Waals surface area contributed by atoms with E-state index in [2.05, 4.69) is 16.4 Å². The number of aromatic nitrogens is 1. The SMILES string of the molecule is CNC(=O)c1cc(-c2ccc(Cl)cc2Cl)c(C#N)c(C)n1. The zero-order chi connectivity index (χ0) is 15.6. The number of pyridine rings is 1. The summed E-state index contributed by atoms with van der Waals surface area (Å²) in [6, 6.07) is 8.65. The Kier molecular flexibility index (Phi) is 4.46. The fourth-order valence-corrected chi connectivity index (χ4v) is 2.49. The average Bonchev–Trinajstić information content (AvgIpc) is 2.45. The summed E-state index contributed by atoms with van der Waals surface area (Å²) in [5.41, 5.74) is 2.28. The number of amides is 1. The standard InChI is InChI=1S/C15H11Cl2N3O/c1-8-12(7-18)11(6-14(20-8)15(21)19-2)10-4-3-9(16)5-13(10)17/h3-6H,1-2H3,(H,19,21). The Hall–Kier alpha value is -2.09.